The molecule has 1 aromatic rings. The number of nitrogen functional groups attached to an aromatic ring is 1. The molecule has 4 nitrogen and oxygen atoms in total. The zero-order valence-corrected chi connectivity index (χ0v) is 10.1. The van der Waals surface area contributed by atoms with Gasteiger partial charge in [-0.1, -0.05) is 6.92 Å². The van der Waals surface area contributed by atoms with Gasteiger partial charge >= 0.3 is 0 Å². The second-order valence-electron chi connectivity index (χ2n) is 4.44. The van der Waals surface area contributed by atoms with Crippen LogP contribution in [0.2, 0.25) is 0 Å². The average molecular weight is 220 g/mol. The van der Waals surface area contributed by atoms with Gasteiger partial charge in [0, 0.05) is 43.6 Å². The molecule has 2 rings (SSSR count). The van der Waals surface area contributed by atoms with E-state index in [1.807, 2.05) is 12.1 Å². The van der Waals surface area contributed by atoms with E-state index in [0.717, 1.165) is 31.1 Å². The monoisotopic (exact) mass is 220 g/mol. The van der Waals surface area contributed by atoms with Gasteiger partial charge in [0.15, 0.2) is 0 Å². The van der Waals surface area contributed by atoms with Crippen molar-refractivity contribution in [1.29, 1.82) is 0 Å². The number of anilines is 2. The highest BCUT2D eigenvalue weighted by Gasteiger charge is 2.23. The number of aromatic nitrogens is 1. The zero-order valence-electron chi connectivity index (χ0n) is 10.1. The molecule has 4 heteroatoms. The molecule has 0 bridgehead atoms. The Balaban J connectivity index is 2.11. The van der Waals surface area contributed by atoms with Crippen LogP contribution in [0.25, 0.3) is 0 Å². The smallest absolute Gasteiger partial charge is 0.130 e. The van der Waals surface area contributed by atoms with E-state index < -0.39 is 0 Å². The van der Waals surface area contributed by atoms with Gasteiger partial charge in [0.25, 0.3) is 0 Å². The molecular formula is C12H20N4. The minimum Gasteiger partial charge on any atom is -0.399 e. The molecule has 0 saturated carbocycles. The second-order valence-corrected chi connectivity index (χ2v) is 4.44. The number of hydrogen-bond acceptors (Lipinski definition) is 4. The normalized spacial score (nSPS) is 22.4. The third-order valence-corrected chi connectivity index (χ3v) is 3.34. The number of likely N-dealkylation sites (N-methyl/N-ethyl adjacent to an activating group) is 1. The molecule has 1 aromatic heterocycles. The quantitative estimate of drug-likeness (QED) is 0.813. The zero-order chi connectivity index (χ0) is 11.5. The highest BCUT2D eigenvalue weighted by atomic mass is 15.3. The lowest BCUT2D eigenvalue weighted by atomic mass is 10.1. The number of hydrogen-bond donors (Lipinski definition) is 1. The molecule has 0 radical (unpaired) electrons. The minimum absolute atomic E-state index is 0.622. The van der Waals surface area contributed by atoms with Gasteiger partial charge < -0.3 is 10.6 Å². The van der Waals surface area contributed by atoms with Crippen molar-refractivity contribution in [3.63, 3.8) is 0 Å². The van der Waals surface area contributed by atoms with Crippen LogP contribution < -0.4 is 10.6 Å². The predicted molar refractivity (Wildman–Crippen MR) is 67.6 cm³/mol. The highest BCUT2D eigenvalue weighted by Crippen LogP contribution is 2.19. The summed E-state index contributed by atoms with van der Waals surface area (Å²) in [6, 6.07) is 4.41. The maximum atomic E-state index is 5.78. The molecule has 1 aliphatic heterocycles. The van der Waals surface area contributed by atoms with Crippen molar-refractivity contribution in [2.45, 2.75) is 19.4 Å². The maximum absolute atomic E-state index is 5.78. The average Bonchev–Trinajstić information content (AvgIpc) is 2.29. The van der Waals surface area contributed by atoms with Crippen LogP contribution in [0.4, 0.5) is 11.5 Å². The van der Waals surface area contributed by atoms with E-state index in [9.17, 15) is 0 Å². The van der Waals surface area contributed by atoms with Gasteiger partial charge in [-0.15, -0.1) is 0 Å². The summed E-state index contributed by atoms with van der Waals surface area (Å²) in [5.74, 6) is 1.01. The summed E-state index contributed by atoms with van der Waals surface area (Å²) in [7, 11) is 2.19. The van der Waals surface area contributed by atoms with Gasteiger partial charge in [-0.2, -0.15) is 0 Å². The first kappa shape index (κ1) is 11.2. The minimum atomic E-state index is 0.622. The molecule has 1 atom stereocenters. The fourth-order valence-electron chi connectivity index (χ4n) is 2.20. The van der Waals surface area contributed by atoms with Crippen LogP contribution in [0.15, 0.2) is 18.3 Å². The first-order valence-corrected chi connectivity index (χ1v) is 5.87. The lowest BCUT2D eigenvalue weighted by molar-refractivity contribution is 0.213. The number of nitrogens with zero attached hydrogens (tertiary/aromatic N) is 3. The van der Waals surface area contributed by atoms with Crippen molar-refractivity contribution in [3.8, 4) is 0 Å². The lowest BCUT2D eigenvalue weighted by Gasteiger charge is -2.39. The summed E-state index contributed by atoms with van der Waals surface area (Å²) in [4.78, 5) is 9.13. The van der Waals surface area contributed by atoms with E-state index in [1.54, 1.807) is 6.20 Å². The molecule has 1 aliphatic rings. The Morgan fingerprint density at radius 2 is 2.31 bits per heavy atom. The Kier molecular flexibility index (Phi) is 3.29. The third kappa shape index (κ3) is 2.27. The molecule has 16 heavy (non-hydrogen) atoms. The molecule has 1 unspecified atom stereocenters. The van der Waals surface area contributed by atoms with Gasteiger partial charge in [-0.3, -0.25) is 4.90 Å². The van der Waals surface area contributed by atoms with Crippen molar-refractivity contribution in [3.05, 3.63) is 18.3 Å². The van der Waals surface area contributed by atoms with E-state index in [-0.39, 0.29) is 0 Å². The molecule has 2 heterocycles. The van der Waals surface area contributed by atoms with Crippen LogP contribution >= 0.6 is 0 Å². The summed E-state index contributed by atoms with van der Waals surface area (Å²) >= 11 is 0. The van der Waals surface area contributed by atoms with Crippen molar-refractivity contribution >= 4 is 11.5 Å². The van der Waals surface area contributed by atoms with E-state index >= 15 is 0 Å². The first-order valence-electron chi connectivity index (χ1n) is 5.87. The maximum Gasteiger partial charge on any atom is 0.130 e. The van der Waals surface area contributed by atoms with E-state index in [4.69, 9.17) is 5.73 Å². The van der Waals surface area contributed by atoms with Gasteiger partial charge in [-0.25, -0.2) is 4.98 Å². The fourth-order valence-corrected chi connectivity index (χ4v) is 2.20. The summed E-state index contributed by atoms with van der Waals surface area (Å²) < 4.78 is 0. The van der Waals surface area contributed by atoms with E-state index in [1.165, 1.54) is 6.42 Å². The Labute approximate surface area is 97.1 Å². The summed E-state index contributed by atoms with van der Waals surface area (Å²) in [5.41, 5.74) is 6.57. The largest absolute Gasteiger partial charge is 0.399 e. The van der Waals surface area contributed by atoms with Crippen LogP contribution in [0.1, 0.15) is 13.3 Å². The van der Waals surface area contributed by atoms with Crippen LogP contribution in [-0.4, -0.2) is 42.6 Å². The Hall–Kier alpha value is -1.29. The molecule has 1 fully saturated rings. The Bertz CT molecular complexity index is 353. The molecule has 0 aliphatic carbocycles. The summed E-state index contributed by atoms with van der Waals surface area (Å²) in [6.45, 7) is 5.40. The number of rotatable bonds is 2. The van der Waals surface area contributed by atoms with Gasteiger partial charge in [-0.05, 0) is 19.5 Å². The second kappa shape index (κ2) is 4.70. The molecule has 0 spiro atoms. The predicted octanol–water partition coefficient (Wildman–Crippen LogP) is 1.19. The van der Waals surface area contributed by atoms with Crippen molar-refractivity contribution in [1.82, 2.24) is 9.88 Å². The van der Waals surface area contributed by atoms with Crippen molar-refractivity contribution < 1.29 is 0 Å². The van der Waals surface area contributed by atoms with Crippen molar-refractivity contribution in [2.24, 2.45) is 0 Å². The standard InChI is InChI=1S/C12H20N4/c1-3-11-9-16(7-6-15(11)2)12-8-10(13)4-5-14-12/h4-5,8,11H,3,6-7,9H2,1-2H3,(H2,13,14). The molecule has 1 saturated heterocycles. The topological polar surface area (TPSA) is 45.4 Å². The summed E-state index contributed by atoms with van der Waals surface area (Å²) in [6.07, 6.45) is 2.96. The van der Waals surface area contributed by atoms with Gasteiger partial charge in [0.05, 0.1) is 0 Å². The molecular weight excluding hydrogens is 200 g/mol. The van der Waals surface area contributed by atoms with Crippen LogP contribution in [0.3, 0.4) is 0 Å². The Morgan fingerprint density at radius 1 is 1.50 bits per heavy atom. The highest BCUT2D eigenvalue weighted by molar-refractivity contribution is 5.50. The van der Waals surface area contributed by atoms with Crippen LogP contribution in [-0.2, 0) is 0 Å². The number of nitrogens with two attached hydrogens (primary N) is 1. The van der Waals surface area contributed by atoms with E-state index in [2.05, 4.69) is 28.8 Å². The number of pyridine rings is 1. The molecule has 0 amide bonds. The fraction of sp³-hybridized carbons (Fsp3) is 0.583. The molecule has 2 N–H and O–H groups in total. The van der Waals surface area contributed by atoms with E-state index in [0.29, 0.717) is 6.04 Å². The van der Waals surface area contributed by atoms with Gasteiger partial charge in [0.2, 0.25) is 0 Å². The third-order valence-electron chi connectivity index (χ3n) is 3.34. The molecule has 88 valence electrons. The molecule has 0 aromatic carbocycles. The van der Waals surface area contributed by atoms with Crippen molar-refractivity contribution in [2.75, 3.05) is 37.3 Å². The first-order chi connectivity index (χ1) is 7.70. The Morgan fingerprint density at radius 3 is 3.00 bits per heavy atom. The van der Waals surface area contributed by atoms with Gasteiger partial charge in [0.1, 0.15) is 5.82 Å². The van der Waals surface area contributed by atoms with Crippen LogP contribution in [0, 0.1) is 0 Å². The summed E-state index contributed by atoms with van der Waals surface area (Å²) in [5, 5.41) is 0. The SMILES string of the molecule is CCC1CN(c2cc(N)ccn2)CCN1C. The lowest BCUT2D eigenvalue weighted by Crippen LogP contribution is -2.51. The number of piperazine rings is 1. The van der Waals surface area contributed by atoms with Crippen LogP contribution in [0.5, 0.6) is 0 Å².